The summed E-state index contributed by atoms with van der Waals surface area (Å²) in [6.07, 6.45) is 0.0113. The molecule has 0 unspecified atom stereocenters. The molecule has 3 aromatic rings. The predicted molar refractivity (Wildman–Crippen MR) is 151 cm³/mol. The fourth-order valence-corrected chi connectivity index (χ4v) is 4.72. The summed E-state index contributed by atoms with van der Waals surface area (Å²) in [4.78, 5) is 38.9. The summed E-state index contributed by atoms with van der Waals surface area (Å²) in [6, 6.07) is 20.1. The fraction of sp³-hybridized carbons (Fsp3) is 0.276. The molecule has 0 aliphatic carbocycles. The Hall–Kier alpha value is -3.36. The van der Waals surface area contributed by atoms with E-state index in [1.165, 1.54) is 10.5 Å². The van der Waals surface area contributed by atoms with Gasteiger partial charge in [0.25, 0.3) is 5.91 Å². The van der Waals surface area contributed by atoms with Gasteiger partial charge in [0, 0.05) is 23.1 Å². The Balaban J connectivity index is 1.29. The maximum Gasteiger partial charge on any atom is 0.311 e. The van der Waals surface area contributed by atoms with Crippen LogP contribution in [-0.2, 0) is 24.5 Å². The van der Waals surface area contributed by atoms with E-state index >= 15 is 0 Å². The van der Waals surface area contributed by atoms with E-state index in [-0.39, 0.29) is 24.3 Å². The highest BCUT2D eigenvalue weighted by atomic mass is 79.9. The number of amides is 2. The lowest BCUT2D eigenvalue weighted by Gasteiger charge is -2.19. The third kappa shape index (κ3) is 6.94. The summed E-state index contributed by atoms with van der Waals surface area (Å²) in [6.45, 7) is 6.17. The van der Waals surface area contributed by atoms with Gasteiger partial charge in [-0.15, -0.1) is 0 Å². The van der Waals surface area contributed by atoms with Crippen molar-refractivity contribution in [3.63, 3.8) is 0 Å². The monoisotopic (exact) mass is 598 g/mol. The van der Waals surface area contributed by atoms with Crippen LogP contribution in [-0.4, -0.2) is 30.9 Å². The first-order valence-corrected chi connectivity index (χ1v) is 13.3. The number of nitrogens with one attached hydrogen (secondary N) is 1. The molecule has 0 saturated carbocycles. The van der Waals surface area contributed by atoms with Crippen LogP contribution in [0.25, 0.3) is 0 Å². The van der Waals surface area contributed by atoms with Gasteiger partial charge in [-0.2, -0.15) is 0 Å². The number of hydrogen-bond donors (Lipinski definition) is 1. The third-order valence-electron chi connectivity index (χ3n) is 6.11. The molecule has 4 rings (SSSR count). The second kappa shape index (κ2) is 11.6. The Labute approximate surface area is 235 Å². The number of rotatable bonds is 7. The Kier molecular flexibility index (Phi) is 8.43. The molecule has 1 aliphatic rings. The number of hydrogen-bond acceptors (Lipinski definition) is 5. The zero-order valence-corrected chi connectivity index (χ0v) is 23.6. The van der Waals surface area contributed by atoms with Crippen molar-refractivity contribution in [2.45, 2.75) is 32.6 Å². The van der Waals surface area contributed by atoms with E-state index in [1.807, 2.05) is 24.3 Å². The Morgan fingerprint density at radius 3 is 2.26 bits per heavy atom. The normalized spacial score (nSPS) is 15.3. The van der Waals surface area contributed by atoms with Crippen molar-refractivity contribution >= 4 is 56.7 Å². The van der Waals surface area contributed by atoms with E-state index < -0.39 is 24.4 Å². The van der Waals surface area contributed by atoms with Crippen LogP contribution < -0.4 is 15.0 Å². The summed E-state index contributed by atoms with van der Waals surface area (Å²) >= 11 is 9.39. The molecule has 1 fully saturated rings. The Morgan fingerprint density at radius 2 is 1.66 bits per heavy atom. The highest BCUT2D eigenvalue weighted by molar-refractivity contribution is 9.10. The molecule has 1 aliphatic heterocycles. The first-order valence-electron chi connectivity index (χ1n) is 12.1. The van der Waals surface area contributed by atoms with Crippen LogP contribution in [0.1, 0.15) is 32.8 Å². The molecule has 1 N–H and O–H groups in total. The smallest absolute Gasteiger partial charge is 0.311 e. The molecular weight excluding hydrogens is 572 g/mol. The molecule has 0 aromatic heterocycles. The fourth-order valence-electron chi connectivity index (χ4n) is 4.00. The van der Waals surface area contributed by atoms with Gasteiger partial charge in [0.1, 0.15) is 11.5 Å². The van der Waals surface area contributed by atoms with Crippen molar-refractivity contribution in [3.05, 3.63) is 81.8 Å². The molecule has 1 saturated heterocycles. The van der Waals surface area contributed by atoms with E-state index in [0.717, 1.165) is 10.2 Å². The summed E-state index contributed by atoms with van der Waals surface area (Å²) in [5, 5.41) is 2.95. The van der Waals surface area contributed by atoms with E-state index in [4.69, 9.17) is 21.1 Å². The molecule has 1 heterocycles. The van der Waals surface area contributed by atoms with Gasteiger partial charge in [-0.1, -0.05) is 60.4 Å². The van der Waals surface area contributed by atoms with Gasteiger partial charge < -0.3 is 19.7 Å². The summed E-state index contributed by atoms with van der Waals surface area (Å²) in [7, 11) is 0. The molecule has 2 amide bonds. The minimum absolute atomic E-state index is 0.0113. The van der Waals surface area contributed by atoms with Gasteiger partial charge in [-0.3, -0.25) is 14.4 Å². The second-order valence-corrected chi connectivity index (χ2v) is 11.4. The van der Waals surface area contributed by atoms with Crippen LogP contribution in [0.5, 0.6) is 11.5 Å². The van der Waals surface area contributed by atoms with Gasteiger partial charge in [0.15, 0.2) is 6.61 Å². The average Bonchev–Trinajstić information content (AvgIpc) is 3.26. The quantitative estimate of drug-likeness (QED) is 0.305. The predicted octanol–water partition coefficient (Wildman–Crippen LogP) is 6.73. The summed E-state index contributed by atoms with van der Waals surface area (Å²) in [5.41, 5.74) is 2.35. The molecule has 3 aromatic carbocycles. The number of halogens is 2. The summed E-state index contributed by atoms with van der Waals surface area (Å²) < 4.78 is 11.9. The van der Waals surface area contributed by atoms with Gasteiger partial charge in [-0.05, 0) is 65.6 Å². The highest BCUT2D eigenvalue weighted by Gasteiger charge is 2.36. The molecule has 198 valence electrons. The lowest BCUT2D eigenvalue weighted by atomic mass is 9.87. The standard InChI is InChI=1S/C29H28BrClN2O5/c1-29(2,3)19-4-9-22(10-5-19)38-23-11-7-21(8-12-23)33-16-18(14-27(33)35)28(36)37-17-26(34)32-25-13-6-20(30)15-24(25)31/h4-13,15,18H,14,16-17H2,1-3H3,(H,32,34)/t18-/m1/s1. The zero-order chi connectivity index (χ0) is 27.4. The average molecular weight is 600 g/mol. The molecule has 9 heteroatoms. The molecular formula is C29H28BrClN2O5. The second-order valence-electron chi connectivity index (χ2n) is 10.1. The van der Waals surface area contributed by atoms with Gasteiger partial charge in [-0.25, -0.2) is 0 Å². The SMILES string of the molecule is CC(C)(C)c1ccc(Oc2ccc(N3C[C@H](C(=O)OCC(=O)Nc4ccc(Br)cc4Cl)CC3=O)cc2)cc1. The van der Waals surface area contributed by atoms with E-state index in [1.54, 1.807) is 42.5 Å². The molecule has 0 bridgehead atoms. The van der Waals surface area contributed by atoms with Crippen molar-refractivity contribution in [2.75, 3.05) is 23.4 Å². The van der Waals surface area contributed by atoms with E-state index in [9.17, 15) is 14.4 Å². The van der Waals surface area contributed by atoms with Crippen LogP contribution in [0.15, 0.2) is 71.2 Å². The topological polar surface area (TPSA) is 84.9 Å². The maximum absolute atomic E-state index is 12.6. The van der Waals surface area contributed by atoms with Crippen molar-refractivity contribution in [1.29, 1.82) is 0 Å². The van der Waals surface area contributed by atoms with Crippen molar-refractivity contribution in [1.82, 2.24) is 0 Å². The maximum atomic E-state index is 12.6. The Morgan fingerprint density at radius 1 is 1.03 bits per heavy atom. The largest absolute Gasteiger partial charge is 0.457 e. The van der Waals surface area contributed by atoms with Crippen molar-refractivity contribution in [3.8, 4) is 11.5 Å². The summed E-state index contributed by atoms with van der Waals surface area (Å²) in [5.74, 6) is -0.619. The number of carbonyl (C=O) groups is 3. The molecule has 0 spiro atoms. The van der Waals surface area contributed by atoms with Gasteiger partial charge in [0.05, 0.1) is 16.6 Å². The first-order chi connectivity index (χ1) is 18.0. The first kappa shape index (κ1) is 27.7. The molecule has 7 nitrogen and oxygen atoms in total. The molecule has 1 atom stereocenters. The van der Waals surface area contributed by atoms with Gasteiger partial charge in [0.2, 0.25) is 5.91 Å². The number of nitrogens with zero attached hydrogens (tertiary/aromatic N) is 1. The number of ether oxygens (including phenoxy) is 2. The van der Waals surface area contributed by atoms with E-state index in [2.05, 4.69) is 42.0 Å². The molecule has 38 heavy (non-hydrogen) atoms. The number of benzene rings is 3. The lowest BCUT2D eigenvalue weighted by molar-refractivity contribution is -0.151. The van der Waals surface area contributed by atoms with Crippen molar-refractivity contribution in [2.24, 2.45) is 5.92 Å². The highest BCUT2D eigenvalue weighted by Crippen LogP contribution is 2.31. The van der Waals surface area contributed by atoms with Gasteiger partial charge >= 0.3 is 5.97 Å². The minimum Gasteiger partial charge on any atom is -0.457 e. The number of esters is 1. The minimum atomic E-state index is -0.663. The Bertz CT molecular complexity index is 1340. The number of anilines is 2. The van der Waals surface area contributed by atoms with Crippen LogP contribution in [0.4, 0.5) is 11.4 Å². The van der Waals surface area contributed by atoms with E-state index in [0.29, 0.717) is 22.1 Å². The van der Waals surface area contributed by atoms with Crippen molar-refractivity contribution < 1.29 is 23.9 Å². The van der Waals surface area contributed by atoms with Crippen LogP contribution >= 0.6 is 27.5 Å². The van der Waals surface area contributed by atoms with Crippen LogP contribution in [0.2, 0.25) is 5.02 Å². The van der Waals surface area contributed by atoms with Crippen LogP contribution in [0.3, 0.4) is 0 Å². The number of carbonyl (C=O) groups excluding carboxylic acids is 3. The zero-order valence-electron chi connectivity index (χ0n) is 21.3. The van der Waals surface area contributed by atoms with Crippen LogP contribution in [0, 0.1) is 5.92 Å². The molecule has 0 radical (unpaired) electrons. The third-order valence-corrected chi connectivity index (χ3v) is 6.92. The lowest BCUT2D eigenvalue weighted by Crippen LogP contribution is -2.28.